The van der Waals surface area contributed by atoms with E-state index in [2.05, 4.69) is 72.7 Å². The number of hydrogen-bond acceptors (Lipinski definition) is 6. The number of piperidine rings is 1. The standard InChI is InChI=1S/C18H42N6/c1-10-24(13-23(9)16(21-8)15(19-6)20-7)14-11-17(2,3)22-18(4,5)12-14/h14-16,19-22H,10-13H2,1-9H3. The molecule has 0 radical (unpaired) electrons. The van der Waals surface area contributed by atoms with Gasteiger partial charge < -0.3 is 21.3 Å². The summed E-state index contributed by atoms with van der Waals surface area (Å²) in [5.74, 6) is 0. The summed E-state index contributed by atoms with van der Waals surface area (Å²) in [6.45, 7) is 13.6. The molecule has 0 spiro atoms. The van der Waals surface area contributed by atoms with Crippen molar-refractivity contribution in [1.29, 1.82) is 0 Å². The summed E-state index contributed by atoms with van der Waals surface area (Å²) in [4.78, 5) is 5.01. The summed E-state index contributed by atoms with van der Waals surface area (Å²) >= 11 is 0. The fourth-order valence-electron chi connectivity index (χ4n) is 4.48. The lowest BCUT2D eigenvalue weighted by atomic mass is 9.79. The quantitative estimate of drug-likeness (QED) is 0.466. The molecule has 4 N–H and O–H groups in total. The van der Waals surface area contributed by atoms with Crippen molar-refractivity contribution in [1.82, 2.24) is 31.1 Å². The SMILES string of the molecule is CCN(CN(C)C(NC)C(NC)NC)C1CC(C)(C)NC(C)(C)C1. The summed E-state index contributed by atoms with van der Waals surface area (Å²) in [7, 11) is 8.21. The minimum Gasteiger partial charge on any atom is -0.307 e. The molecule has 1 atom stereocenters. The summed E-state index contributed by atoms with van der Waals surface area (Å²) in [5, 5.41) is 13.9. The maximum atomic E-state index is 3.79. The van der Waals surface area contributed by atoms with E-state index in [0.717, 1.165) is 13.2 Å². The number of nitrogens with zero attached hydrogens (tertiary/aromatic N) is 2. The Kier molecular flexibility index (Phi) is 8.10. The minimum atomic E-state index is 0.180. The van der Waals surface area contributed by atoms with Crippen LogP contribution < -0.4 is 21.3 Å². The Morgan fingerprint density at radius 3 is 1.88 bits per heavy atom. The maximum absolute atomic E-state index is 3.79. The molecule has 1 fully saturated rings. The van der Waals surface area contributed by atoms with Gasteiger partial charge in [-0.15, -0.1) is 0 Å². The molecule has 144 valence electrons. The van der Waals surface area contributed by atoms with Crippen molar-refractivity contribution in [3.05, 3.63) is 0 Å². The predicted molar refractivity (Wildman–Crippen MR) is 104 cm³/mol. The number of nitrogens with one attached hydrogen (secondary N) is 4. The summed E-state index contributed by atoms with van der Waals surface area (Å²) < 4.78 is 0. The van der Waals surface area contributed by atoms with Gasteiger partial charge in [0.15, 0.2) is 0 Å². The lowest BCUT2D eigenvalue weighted by molar-refractivity contribution is 0.0149. The second-order valence-electron chi connectivity index (χ2n) is 8.55. The molecule has 1 aliphatic rings. The molecule has 1 unspecified atom stereocenters. The van der Waals surface area contributed by atoms with Crippen LogP contribution >= 0.6 is 0 Å². The molecular formula is C18H42N6. The van der Waals surface area contributed by atoms with E-state index >= 15 is 0 Å². The smallest absolute Gasteiger partial charge is 0.0896 e. The van der Waals surface area contributed by atoms with Gasteiger partial charge in [0, 0.05) is 17.1 Å². The van der Waals surface area contributed by atoms with Gasteiger partial charge in [-0.25, -0.2) is 0 Å². The number of likely N-dealkylation sites (N-methyl/N-ethyl adjacent to an activating group) is 4. The molecule has 24 heavy (non-hydrogen) atoms. The van der Waals surface area contributed by atoms with Crippen molar-refractivity contribution >= 4 is 0 Å². The van der Waals surface area contributed by atoms with Crippen LogP contribution in [-0.2, 0) is 0 Å². The molecule has 1 saturated heterocycles. The molecular weight excluding hydrogens is 300 g/mol. The molecule has 6 nitrogen and oxygen atoms in total. The first kappa shape index (κ1) is 21.8. The fraction of sp³-hybridized carbons (Fsp3) is 1.00. The van der Waals surface area contributed by atoms with Crippen molar-refractivity contribution in [3.63, 3.8) is 0 Å². The second kappa shape index (κ2) is 8.92. The lowest BCUT2D eigenvalue weighted by Gasteiger charge is -2.50. The Labute approximate surface area is 150 Å². The largest absolute Gasteiger partial charge is 0.307 e. The van der Waals surface area contributed by atoms with Crippen LogP contribution in [0.25, 0.3) is 0 Å². The van der Waals surface area contributed by atoms with Gasteiger partial charge in [-0.1, -0.05) is 6.92 Å². The van der Waals surface area contributed by atoms with E-state index in [-0.39, 0.29) is 23.4 Å². The average molecular weight is 343 g/mol. The van der Waals surface area contributed by atoms with Crippen molar-refractivity contribution in [2.75, 3.05) is 41.4 Å². The second-order valence-corrected chi connectivity index (χ2v) is 8.55. The molecule has 0 aliphatic carbocycles. The van der Waals surface area contributed by atoms with E-state index in [1.54, 1.807) is 0 Å². The average Bonchev–Trinajstić information content (AvgIpc) is 2.46. The highest BCUT2D eigenvalue weighted by Crippen LogP contribution is 2.31. The van der Waals surface area contributed by atoms with Crippen LogP contribution in [0.2, 0.25) is 0 Å². The first-order valence-electron chi connectivity index (χ1n) is 9.34. The van der Waals surface area contributed by atoms with Crippen LogP contribution in [0.4, 0.5) is 0 Å². The van der Waals surface area contributed by atoms with Crippen molar-refractivity contribution < 1.29 is 0 Å². The highest BCUT2D eigenvalue weighted by atomic mass is 15.4. The normalized spacial score (nSPS) is 22.5. The van der Waals surface area contributed by atoms with Gasteiger partial charge >= 0.3 is 0 Å². The summed E-state index contributed by atoms with van der Waals surface area (Å²) in [6.07, 6.45) is 2.81. The molecule has 0 saturated carbocycles. The van der Waals surface area contributed by atoms with Crippen LogP contribution in [0.1, 0.15) is 47.5 Å². The molecule has 1 rings (SSSR count). The Hall–Kier alpha value is -0.240. The molecule has 0 aromatic carbocycles. The van der Waals surface area contributed by atoms with Crippen LogP contribution in [0, 0.1) is 0 Å². The zero-order chi connectivity index (χ0) is 18.5. The highest BCUT2D eigenvalue weighted by molar-refractivity contribution is 5.00. The van der Waals surface area contributed by atoms with Crippen molar-refractivity contribution in [2.45, 2.75) is 76.9 Å². The number of hydrogen-bond donors (Lipinski definition) is 4. The van der Waals surface area contributed by atoms with E-state index in [1.165, 1.54) is 12.8 Å². The van der Waals surface area contributed by atoms with Crippen LogP contribution in [0.15, 0.2) is 0 Å². The molecule has 0 bridgehead atoms. The Bertz CT molecular complexity index is 351. The van der Waals surface area contributed by atoms with Gasteiger partial charge in [0.25, 0.3) is 0 Å². The first-order valence-corrected chi connectivity index (χ1v) is 9.34. The van der Waals surface area contributed by atoms with Gasteiger partial charge in [0.05, 0.1) is 19.0 Å². The summed E-state index contributed by atoms with van der Waals surface area (Å²) in [5.41, 5.74) is 0.360. The maximum Gasteiger partial charge on any atom is 0.0896 e. The van der Waals surface area contributed by atoms with Gasteiger partial charge in [-0.3, -0.25) is 9.80 Å². The Morgan fingerprint density at radius 1 is 1.00 bits per heavy atom. The molecule has 0 amide bonds. The molecule has 1 heterocycles. The van der Waals surface area contributed by atoms with E-state index in [1.807, 2.05) is 21.1 Å². The van der Waals surface area contributed by atoms with Gasteiger partial charge in [0.1, 0.15) is 0 Å². The summed E-state index contributed by atoms with van der Waals surface area (Å²) in [6, 6.07) is 0.601. The minimum absolute atomic E-state index is 0.180. The van der Waals surface area contributed by atoms with E-state index in [4.69, 9.17) is 0 Å². The van der Waals surface area contributed by atoms with E-state index in [9.17, 15) is 0 Å². The van der Waals surface area contributed by atoms with E-state index < -0.39 is 0 Å². The molecule has 6 heteroatoms. The van der Waals surface area contributed by atoms with Crippen LogP contribution in [0.3, 0.4) is 0 Å². The third-order valence-electron chi connectivity index (χ3n) is 5.20. The lowest BCUT2D eigenvalue weighted by Crippen LogP contribution is -2.65. The fourth-order valence-corrected chi connectivity index (χ4v) is 4.48. The van der Waals surface area contributed by atoms with Gasteiger partial charge in [0.2, 0.25) is 0 Å². The third-order valence-corrected chi connectivity index (χ3v) is 5.20. The molecule has 0 aromatic rings. The number of rotatable bonds is 9. The van der Waals surface area contributed by atoms with Crippen LogP contribution in [0.5, 0.6) is 0 Å². The van der Waals surface area contributed by atoms with Crippen molar-refractivity contribution in [2.24, 2.45) is 0 Å². The van der Waals surface area contributed by atoms with Crippen LogP contribution in [-0.4, -0.2) is 80.7 Å². The zero-order valence-electron chi connectivity index (χ0n) is 17.5. The van der Waals surface area contributed by atoms with Gasteiger partial charge in [-0.2, -0.15) is 0 Å². The first-order chi connectivity index (χ1) is 11.1. The molecule has 0 aromatic heterocycles. The topological polar surface area (TPSA) is 54.6 Å². The third kappa shape index (κ3) is 5.93. The monoisotopic (exact) mass is 342 g/mol. The van der Waals surface area contributed by atoms with E-state index in [0.29, 0.717) is 6.04 Å². The highest BCUT2D eigenvalue weighted by Gasteiger charge is 2.40. The Balaban J connectivity index is 2.81. The predicted octanol–water partition coefficient (Wildman–Crippen LogP) is 0.817. The zero-order valence-corrected chi connectivity index (χ0v) is 17.5. The van der Waals surface area contributed by atoms with Crippen molar-refractivity contribution in [3.8, 4) is 0 Å². The van der Waals surface area contributed by atoms with Gasteiger partial charge in [-0.05, 0) is 75.3 Å². The Morgan fingerprint density at radius 2 is 1.50 bits per heavy atom. The molecule has 1 aliphatic heterocycles.